The molecule has 0 N–H and O–H groups in total. The molecule has 1 aromatic carbocycles. The molecule has 1 aliphatic heterocycles. The molecule has 1 aromatic rings. The molecule has 24 heavy (non-hydrogen) atoms. The van der Waals surface area contributed by atoms with Crippen LogP contribution in [0.5, 0.6) is 0 Å². The van der Waals surface area contributed by atoms with E-state index in [4.69, 9.17) is 14.2 Å². The topological polar surface area (TPSA) is 61.8 Å². The summed E-state index contributed by atoms with van der Waals surface area (Å²) in [4.78, 5) is 23.4. The number of thioether (sulfide) groups is 1. The number of benzene rings is 1. The minimum atomic E-state index is -0.908. The SMILES string of the molecule is CC(=O)OC[C@H]1O[C@H](OCc2ccccc2)C(=O)C[C@H]1SC(C)C. The van der Waals surface area contributed by atoms with Crippen molar-refractivity contribution in [2.45, 2.75) is 56.7 Å². The van der Waals surface area contributed by atoms with E-state index in [2.05, 4.69) is 13.8 Å². The maximum absolute atomic E-state index is 12.3. The molecule has 0 aromatic heterocycles. The van der Waals surface area contributed by atoms with Crippen LogP contribution < -0.4 is 0 Å². The molecule has 0 radical (unpaired) electrons. The first-order valence-electron chi connectivity index (χ1n) is 8.08. The highest BCUT2D eigenvalue weighted by atomic mass is 32.2. The molecule has 0 saturated carbocycles. The van der Waals surface area contributed by atoms with Crippen LogP contribution in [0.4, 0.5) is 0 Å². The number of ether oxygens (including phenoxy) is 3. The number of esters is 1. The van der Waals surface area contributed by atoms with Crippen molar-refractivity contribution in [3.8, 4) is 0 Å². The molecule has 0 aliphatic carbocycles. The van der Waals surface area contributed by atoms with E-state index in [9.17, 15) is 9.59 Å². The van der Waals surface area contributed by atoms with Gasteiger partial charge in [0.05, 0.1) is 6.61 Å². The summed E-state index contributed by atoms with van der Waals surface area (Å²) in [5, 5.41) is 0.321. The zero-order valence-corrected chi connectivity index (χ0v) is 15.1. The molecular formula is C18H24O5S. The third-order valence-electron chi connectivity index (χ3n) is 3.52. The molecule has 0 spiro atoms. The Morgan fingerprint density at radius 3 is 2.67 bits per heavy atom. The first kappa shape index (κ1) is 19.0. The van der Waals surface area contributed by atoms with Crippen LogP contribution in [0.2, 0.25) is 0 Å². The van der Waals surface area contributed by atoms with Crippen LogP contribution in [0.15, 0.2) is 30.3 Å². The Morgan fingerprint density at radius 2 is 2.04 bits per heavy atom. The minimum absolute atomic E-state index is 0.0339. The number of rotatable bonds is 7. The Labute approximate surface area is 147 Å². The average molecular weight is 352 g/mol. The third-order valence-corrected chi connectivity index (χ3v) is 4.88. The summed E-state index contributed by atoms with van der Waals surface area (Å²) in [5.74, 6) is -0.422. The Bertz CT molecular complexity index is 546. The lowest BCUT2D eigenvalue weighted by molar-refractivity contribution is -0.205. The summed E-state index contributed by atoms with van der Waals surface area (Å²) >= 11 is 1.66. The van der Waals surface area contributed by atoms with Gasteiger partial charge in [-0.1, -0.05) is 44.2 Å². The number of carbonyl (C=O) groups excluding carboxylic acids is 2. The molecule has 5 nitrogen and oxygen atoms in total. The van der Waals surface area contributed by atoms with Crippen LogP contribution >= 0.6 is 11.8 Å². The van der Waals surface area contributed by atoms with Crippen LogP contribution in [0.25, 0.3) is 0 Å². The number of hydrogen-bond acceptors (Lipinski definition) is 6. The van der Waals surface area contributed by atoms with Gasteiger partial charge >= 0.3 is 5.97 Å². The van der Waals surface area contributed by atoms with Gasteiger partial charge in [-0.25, -0.2) is 0 Å². The maximum atomic E-state index is 12.3. The van der Waals surface area contributed by atoms with E-state index >= 15 is 0 Å². The van der Waals surface area contributed by atoms with Crippen molar-refractivity contribution in [1.82, 2.24) is 0 Å². The largest absolute Gasteiger partial charge is 0.463 e. The third kappa shape index (κ3) is 5.92. The Kier molecular flexibility index (Phi) is 7.27. The summed E-state index contributed by atoms with van der Waals surface area (Å²) in [5.41, 5.74) is 0.976. The van der Waals surface area contributed by atoms with Crippen LogP contribution in [0.1, 0.15) is 32.8 Å². The average Bonchev–Trinajstić information content (AvgIpc) is 2.53. The Hall–Kier alpha value is -1.37. The first-order chi connectivity index (χ1) is 11.5. The second-order valence-corrected chi connectivity index (χ2v) is 7.82. The quantitative estimate of drug-likeness (QED) is 0.703. The minimum Gasteiger partial charge on any atom is -0.463 e. The molecule has 0 bridgehead atoms. The van der Waals surface area contributed by atoms with Gasteiger partial charge in [-0.05, 0) is 10.8 Å². The standard InChI is InChI=1S/C18H24O5S/c1-12(2)24-17-9-15(20)18(23-16(17)11-21-13(3)19)22-10-14-7-5-4-6-8-14/h4-8,12,16-18H,9-11H2,1-3H3/t16-,17-,18+/m1/s1. The number of hydrogen-bond donors (Lipinski definition) is 0. The van der Waals surface area contributed by atoms with E-state index in [1.807, 2.05) is 30.3 Å². The van der Waals surface area contributed by atoms with Gasteiger partial charge in [0.15, 0.2) is 5.78 Å². The first-order valence-corrected chi connectivity index (χ1v) is 9.02. The van der Waals surface area contributed by atoms with Gasteiger partial charge in [0.2, 0.25) is 6.29 Å². The van der Waals surface area contributed by atoms with Crippen molar-refractivity contribution < 1.29 is 23.8 Å². The van der Waals surface area contributed by atoms with Crippen LogP contribution in [-0.2, 0) is 30.4 Å². The molecule has 1 heterocycles. The fourth-order valence-corrected chi connectivity index (χ4v) is 3.74. The molecule has 0 amide bonds. The van der Waals surface area contributed by atoms with Crippen LogP contribution in [-0.4, -0.2) is 41.3 Å². The highest BCUT2D eigenvalue weighted by Crippen LogP contribution is 2.31. The van der Waals surface area contributed by atoms with E-state index in [1.54, 1.807) is 11.8 Å². The fourth-order valence-electron chi connectivity index (χ4n) is 2.46. The van der Waals surface area contributed by atoms with Gasteiger partial charge in [-0.2, -0.15) is 11.8 Å². The van der Waals surface area contributed by atoms with Gasteiger partial charge in [0.1, 0.15) is 12.7 Å². The zero-order chi connectivity index (χ0) is 17.5. The summed E-state index contributed by atoms with van der Waals surface area (Å²) in [6.45, 7) is 5.94. The fraction of sp³-hybridized carbons (Fsp3) is 0.556. The lowest BCUT2D eigenvalue weighted by atomic mass is 10.1. The smallest absolute Gasteiger partial charge is 0.302 e. The summed E-state index contributed by atoms with van der Waals surface area (Å²) in [6, 6.07) is 9.62. The summed E-state index contributed by atoms with van der Waals surface area (Å²) in [6.07, 6.45) is -0.900. The van der Waals surface area contributed by atoms with Gasteiger partial charge in [-0.15, -0.1) is 0 Å². The van der Waals surface area contributed by atoms with E-state index in [1.165, 1.54) is 6.92 Å². The van der Waals surface area contributed by atoms with Crippen molar-refractivity contribution in [2.24, 2.45) is 0 Å². The Morgan fingerprint density at radius 1 is 1.33 bits per heavy atom. The molecule has 1 aliphatic rings. The molecule has 132 valence electrons. The molecular weight excluding hydrogens is 328 g/mol. The predicted octanol–water partition coefficient (Wildman–Crippen LogP) is 2.96. The Balaban J connectivity index is 1.97. The zero-order valence-electron chi connectivity index (χ0n) is 14.3. The van der Waals surface area contributed by atoms with Gasteiger partial charge in [0.25, 0.3) is 0 Å². The molecule has 1 fully saturated rings. The van der Waals surface area contributed by atoms with Crippen molar-refractivity contribution >= 4 is 23.5 Å². The molecule has 3 atom stereocenters. The van der Waals surface area contributed by atoms with Gasteiger partial charge in [-0.3, -0.25) is 9.59 Å². The van der Waals surface area contributed by atoms with Crippen molar-refractivity contribution in [3.63, 3.8) is 0 Å². The summed E-state index contributed by atoms with van der Waals surface area (Å²) < 4.78 is 16.6. The highest BCUT2D eigenvalue weighted by Gasteiger charge is 2.38. The van der Waals surface area contributed by atoms with E-state index in [0.717, 1.165) is 5.56 Å². The van der Waals surface area contributed by atoms with E-state index in [0.29, 0.717) is 18.3 Å². The van der Waals surface area contributed by atoms with Crippen molar-refractivity contribution in [2.75, 3.05) is 6.61 Å². The van der Waals surface area contributed by atoms with E-state index < -0.39 is 6.29 Å². The van der Waals surface area contributed by atoms with Crippen molar-refractivity contribution in [1.29, 1.82) is 0 Å². The molecule has 0 unspecified atom stereocenters. The van der Waals surface area contributed by atoms with Crippen LogP contribution in [0.3, 0.4) is 0 Å². The summed E-state index contributed by atoms with van der Waals surface area (Å²) in [7, 11) is 0. The predicted molar refractivity (Wildman–Crippen MR) is 92.7 cm³/mol. The lowest BCUT2D eigenvalue weighted by Gasteiger charge is -2.35. The number of carbonyl (C=O) groups is 2. The van der Waals surface area contributed by atoms with Gasteiger partial charge in [0, 0.05) is 18.6 Å². The molecule has 6 heteroatoms. The van der Waals surface area contributed by atoms with E-state index in [-0.39, 0.29) is 29.7 Å². The molecule has 2 rings (SSSR count). The lowest BCUT2D eigenvalue weighted by Crippen LogP contribution is -2.47. The number of Topliss-reactive ketones (excluding diaryl/α,β-unsaturated/α-hetero) is 1. The van der Waals surface area contributed by atoms with Gasteiger partial charge < -0.3 is 14.2 Å². The molecule has 1 saturated heterocycles. The van der Waals surface area contributed by atoms with Crippen molar-refractivity contribution in [3.05, 3.63) is 35.9 Å². The second kappa shape index (κ2) is 9.20. The number of ketones is 1. The highest BCUT2D eigenvalue weighted by molar-refractivity contribution is 8.00. The van der Waals surface area contributed by atoms with Crippen LogP contribution in [0, 0.1) is 0 Å². The monoisotopic (exact) mass is 352 g/mol. The second-order valence-electron chi connectivity index (χ2n) is 6.00. The normalized spacial score (nSPS) is 24.2. The maximum Gasteiger partial charge on any atom is 0.302 e.